The lowest BCUT2D eigenvalue weighted by atomic mass is 9.91. The van der Waals surface area contributed by atoms with Crippen LogP contribution < -0.4 is 5.32 Å². The van der Waals surface area contributed by atoms with Crippen molar-refractivity contribution in [2.75, 3.05) is 19.6 Å². The highest BCUT2D eigenvalue weighted by Gasteiger charge is 2.33. The third kappa shape index (κ3) is 3.44. The summed E-state index contributed by atoms with van der Waals surface area (Å²) in [4.78, 5) is 14.6. The minimum atomic E-state index is 0.0778. The molecule has 2 unspecified atom stereocenters. The largest absolute Gasteiger partial charge is 0.341 e. The highest BCUT2D eigenvalue weighted by molar-refractivity contribution is 5.82. The van der Waals surface area contributed by atoms with Crippen molar-refractivity contribution in [1.29, 1.82) is 0 Å². The van der Waals surface area contributed by atoms with Gasteiger partial charge in [-0.2, -0.15) is 0 Å². The van der Waals surface area contributed by atoms with Crippen molar-refractivity contribution in [2.24, 2.45) is 11.8 Å². The summed E-state index contributed by atoms with van der Waals surface area (Å²) < 4.78 is 0. The van der Waals surface area contributed by atoms with Gasteiger partial charge in [-0.25, -0.2) is 0 Å². The fraction of sp³-hybridized carbons (Fsp3) is 0.929. The van der Waals surface area contributed by atoms with Crippen molar-refractivity contribution < 1.29 is 4.79 Å². The molecule has 98 valence electrons. The first-order valence-electron chi connectivity index (χ1n) is 7.24. The number of rotatable bonds is 5. The van der Waals surface area contributed by atoms with Crippen molar-refractivity contribution >= 4 is 5.91 Å². The summed E-state index contributed by atoms with van der Waals surface area (Å²) in [6.07, 6.45) is 6.11. The Morgan fingerprint density at radius 1 is 1.35 bits per heavy atom. The molecule has 17 heavy (non-hydrogen) atoms. The minimum absolute atomic E-state index is 0.0778. The first-order valence-corrected chi connectivity index (χ1v) is 7.24. The van der Waals surface area contributed by atoms with E-state index in [0.29, 0.717) is 11.8 Å². The Labute approximate surface area is 105 Å². The van der Waals surface area contributed by atoms with E-state index in [1.54, 1.807) is 0 Å². The Bertz CT molecular complexity index is 263. The Morgan fingerprint density at radius 2 is 2.12 bits per heavy atom. The minimum Gasteiger partial charge on any atom is -0.341 e. The number of hydrogen-bond donors (Lipinski definition) is 1. The molecule has 1 amide bonds. The Balaban J connectivity index is 1.92. The molecule has 3 nitrogen and oxygen atoms in total. The molecule has 2 fully saturated rings. The number of nitrogens with one attached hydrogen (secondary N) is 1. The summed E-state index contributed by atoms with van der Waals surface area (Å²) >= 11 is 0. The summed E-state index contributed by atoms with van der Waals surface area (Å²) in [5, 5.41) is 3.41. The number of hydrogen-bond acceptors (Lipinski definition) is 2. The number of carbonyl (C=O) groups excluding carboxylic acids is 1. The number of amides is 1. The molecule has 0 aromatic carbocycles. The maximum atomic E-state index is 12.5. The van der Waals surface area contributed by atoms with E-state index in [4.69, 9.17) is 0 Å². The summed E-state index contributed by atoms with van der Waals surface area (Å²) in [6, 6.07) is 0.0778. The SMILES string of the molecule is CCCN(CC1CC1)C(=O)C1NCCCC1C. The molecule has 1 heterocycles. The van der Waals surface area contributed by atoms with E-state index in [1.807, 2.05) is 0 Å². The molecule has 1 saturated carbocycles. The van der Waals surface area contributed by atoms with E-state index in [2.05, 4.69) is 24.1 Å². The van der Waals surface area contributed by atoms with Crippen LogP contribution in [0.4, 0.5) is 0 Å². The van der Waals surface area contributed by atoms with E-state index >= 15 is 0 Å². The highest BCUT2D eigenvalue weighted by atomic mass is 16.2. The van der Waals surface area contributed by atoms with E-state index in [9.17, 15) is 4.79 Å². The molecule has 1 N–H and O–H groups in total. The van der Waals surface area contributed by atoms with Crippen LogP contribution in [-0.2, 0) is 4.79 Å². The zero-order valence-electron chi connectivity index (χ0n) is 11.2. The fourth-order valence-corrected chi connectivity index (χ4v) is 2.75. The topological polar surface area (TPSA) is 32.3 Å². The van der Waals surface area contributed by atoms with Gasteiger partial charge in [0, 0.05) is 13.1 Å². The van der Waals surface area contributed by atoms with Crippen molar-refractivity contribution in [3.8, 4) is 0 Å². The summed E-state index contributed by atoms with van der Waals surface area (Å²) in [7, 11) is 0. The average Bonchev–Trinajstić information content (AvgIpc) is 3.12. The maximum absolute atomic E-state index is 12.5. The monoisotopic (exact) mass is 238 g/mol. The van der Waals surface area contributed by atoms with Crippen LogP contribution >= 0.6 is 0 Å². The normalized spacial score (nSPS) is 29.1. The third-order valence-corrected chi connectivity index (χ3v) is 4.02. The van der Waals surface area contributed by atoms with Gasteiger partial charge < -0.3 is 10.2 Å². The van der Waals surface area contributed by atoms with Crippen LogP contribution in [0, 0.1) is 11.8 Å². The van der Waals surface area contributed by atoms with Crippen LogP contribution in [0.1, 0.15) is 46.0 Å². The van der Waals surface area contributed by atoms with Crippen molar-refractivity contribution in [3.63, 3.8) is 0 Å². The van der Waals surface area contributed by atoms with Crippen molar-refractivity contribution in [3.05, 3.63) is 0 Å². The van der Waals surface area contributed by atoms with Gasteiger partial charge in [-0.1, -0.05) is 13.8 Å². The molecule has 3 heteroatoms. The molecule has 0 aromatic rings. The predicted octanol–water partition coefficient (Wildman–Crippen LogP) is 2.02. The molecule has 2 atom stereocenters. The zero-order chi connectivity index (χ0) is 12.3. The quantitative estimate of drug-likeness (QED) is 0.795. The van der Waals surface area contributed by atoms with E-state index in [-0.39, 0.29) is 6.04 Å². The van der Waals surface area contributed by atoms with Gasteiger partial charge in [-0.15, -0.1) is 0 Å². The average molecular weight is 238 g/mol. The number of nitrogens with zero attached hydrogens (tertiary/aromatic N) is 1. The second-order valence-corrected chi connectivity index (χ2v) is 5.78. The maximum Gasteiger partial charge on any atom is 0.239 e. The van der Waals surface area contributed by atoms with E-state index < -0.39 is 0 Å². The van der Waals surface area contributed by atoms with Gasteiger partial charge >= 0.3 is 0 Å². The van der Waals surface area contributed by atoms with E-state index in [1.165, 1.54) is 25.7 Å². The van der Waals surface area contributed by atoms with Crippen LogP contribution in [-0.4, -0.2) is 36.5 Å². The van der Waals surface area contributed by atoms with Crippen molar-refractivity contribution in [2.45, 2.75) is 52.0 Å². The summed E-state index contributed by atoms with van der Waals surface area (Å²) in [5.41, 5.74) is 0. The standard InChI is InChI=1S/C14H26N2O/c1-3-9-16(10-12-6-7-12)14(17)13-11(2)5-4-8-15-13/h11-13,15H,3-10H2,1-2H3. The van der Waals surface area contributed by atoms with Crippen LogP contribution in [0.3, 0.4) is 0 Å². The molecular formula is C14H26N2O. The van der Waals surface area contributed by atoms with Crippen LogP contribution in [0.25, 0.3) is 0 Å². The molecule has 0 spiro atoms. The molecule has 0 radical (unpaired) electrons. The van der Waals surface area contributed by atoms with Gasteiger partial charge in [-0.05, 0) is 50.5 Å². The lowest BCUT2D eigenvalue weighted by Crippen LogP contribution is -2.52. The van der Waals surface area contributed by atoms with E-state index in [0.717, 1.165) is 32.0 Å². The molecule has 1 aliphatic carbocycles. The van der Waals surface area contributed by atoms with Crippen LogP contribution in [0.5, 0.6) is 0 Å². The lowest BCUT2D eigenvalue weighted by Gasteiger charge is -2.34. The molecule has 0 bridgehead atoms. The smallest absolute Gasteiger partial charge is 0.239 e. The van der Waals surface area contributed by atoms with Gasteiger partial charge in [0.15, 0.2) is 0 Å². The van der Waals surface area contributed by atoms with Gasteiger partial charge in [-0.3, -0.25) is 4.79 Å². The van der Waals surface area contributed by atoms with Gasteiger partial charge in [0.05, 0.1) is 6.04 Å². The van der Waals surface area contributed by atoms with Crippen LogP contribution in [0.2, 0.25) is 0 Å². The molecule has 0 aromatic heterocycles. The Hall–Kier alpha value is -0.570. The second-order valence-electron chi connectivity index (χ2n) is 5.78. The number of piperidine rings is 1. The van der Waals surface area contributed by atoms with Crippen LogP contribution in [0.15, 0.2) is 0 Å². The highest BCUT2D eigenvalue weighted by Crippen LogP contribution is 2.30. The molecule has 1 aliphatic heterocycles. The molecule has 1 saturated heterocycles. The first kappa shape index (κ1) is 12.9. The lowest BCUT2D eigenvalue weighted by molar-refractivity contribution is -0.135. The molecule has 2 rings (SSSR count). The summed E-state index contributed by atoms with van der Waals surface area (Å²) in [6.45, 7) is 7.29. The number of carbonyl (C=O) groups is 1. The predicted molar refractivity (Wildman–Crippen MR) is 69.8 cm³/mol. The van der Waals surface area contributed by atoms with Gasteiger partial charge in [0.1, 0.15) is 0 Å². The zero-order valence-corrected chi connectivity index (χ0v) is 11.2. The Kier molecular flexibility index (Phi) is 4.43. The third-order valence-electron chi connectivity index (χ3n) is 4.02. The van der Waals surface area contributed by atoms with Crippen molar-refractivity contribution in [1.82, 2.24) is 10.2 Å². The van der Waals surface area contributed by atoms with Gasteiger partial charge in [0.2, 0.25) is 5.91 Å². The summed E-state index contributed by atoms with van der Waals surface area (Å²) in [5.74, 6) is 1.64. The molecular weight excluding hydrogens is 212 g/mol. The Morgan fingerprint density at radius 3 is 2.71 bits per heavy atom. The fourth-order valence-electron chi connectivity index (χ4n) is 2.75. The first-order chi connectivity index (χ1) is 8.22. The molecule has 2 aliphatic rings. The second kappa shape index (κ2) is 5.85. The van der Waals surface area contributed by atoms with Gasteiger partial charge in [0.25, 0.3) is 0 Å².